The van der Waals surface area contributed by atoms with E-state index in [1.807, 2.05) is 31.2 Å². The fourth-order valence-electron chi connectivity index (χ4n) is 3.17. The molecule has 0 saturated carbocycles. The average Bonchev–Trinajstić information content (AvgIpc) is 3.11. The maximum Gasteiger partial charge on any atom is 0.270 e. The first-order chi connectivity index (χ1) is 14.5. The molecule has 0 aliphatic heterocycles. The number of anilines is 1. The molecule has 0 fully saturated rings. The number of aryl methyl sites for hydroxylation is 1. The largest absolute Gasteiger partial charge is 0.349 e. The number of halogens is 1. The average molecular weight is 402 g/mol. The summed E-state index contributed by atoms with van der Waals surface area (Å²) in [7, 11) is 0. The summed E-state index contributed by atoms with van der Waals surface area (Å²) in [6.45, 7) is 2.23. The molecule has 3 N–H and O–H groups in total. The van der Waals surface area contributed by atoms with Crippen LogP contribution in [0.1, 0.15) is 32.0 Å². The van der Waals surface area contributed by atoms with Crippen LogP contribution >= 0.6 is 0 Å². The van der Waals surface area contributed by atoms with Crippen LogP contribution in [-0.4, -0.2) is 21.8 Å². The number of carbonyl (C=O) groups is 2. The van der Waals surface area contributed by atoms with Gasteiger partial charge in [-0.3, -0.25) is 14.6 Å². The minimum atomic E-state index is -0.432. The molecule has 0 bridgehead atoms. The molecule has 0 radical (unpaired) electrons. The van der Waals surface area contributed by atoms with Crippen molar-refractivity contribution in [3.8, 4) is 0 Å². The van der Waals surface area contributed by atoms with E-state index in [9.17, 15) is 14.0 Å². The van der Waals surface area contributed by atoms with Crippen molar-refractivity contribution < 1.29 is 14.0 Å². The van der Waals surface area contributed by atoms with Crippen LogP contribution in [-0.2, 0) is 6.54 Å². The molecule has 2 aromatic heterocycles. The van der Waals surface area contributed by atoms with Crippen LogP contribution in [0.15, 0.2) is 67.0 Å². The molecule has 4 aromatic rings. The number of aromatic amines is 1. The molecule has 0 atom stereocenters. The highest BCUT2D eigenvalue weighted by Crippen LogP contribution is 2.29. The molecule has 0 saturated heterocycles. The number of rotatable bonds is 5. The predicted octanol–water partition coefficient (Wildman–Crippen LogP) is 4.19. The second-order valence-electron chi connectivity index (χ2n) is 6.93. The summed E-state index contributed by atoms with van der Waals surface area (Å²) in [5, 5.41) is 6.37. The third-order valence-corrected chi connectivity index (χ3v) is 4.70. The lowest BCUT2D eigenvalue weighted by molar-refractivity contribution is 0.0947. The van der Waals surface area contributed by atoms with Crippen molar-refractivity contribution in [1.29, 1.82) is 0 Å². The lowest BCUT2D eigenvalue weighted by atomic mass is 10.1. The zero-order chi connectivity index (χ0) is 21.1. The Bertz CT molecular complexity index is 1220. The van der Waals surface area contributed by atoms with Gasteiger partial charge in [-0.2, -0.15) is 0 Å². The first-order valence-corrected chi connectivity index (χ1v) is 9.37. The van der Waals surface area contributed by atoms with E-state index in [-0.39, 0.29) is 11.6 Å². The van der Waals surface area contributed by atoms with Crippen LogP contribution in [0.25, 0.3) is 10.9 Å². The number of benzene rings is 2. The van der Waals surface area contributed by atoms with Crippen molar-refractivity contribution in [3.63, 3.8) is 0 Å². The Kier molecular flexibility index (Phi) is 5.26. The summed E-state index contributed by atoms with van der Waals surface area (Å²) in [4.78, 5) is 32.7. The van der Waals surface area contributed by atoms with Gasteiger partial charge in [-0.25, -0.2) is 4.39 Å². The number of carbonyl (C=O) groups excluding carboxylic acids is 2. The van der Waals surface area contributed by atoms with Gasteiger partial charge in [-0.05, 0) is 55.0 Å². The van der Waals surface area contributed by atoms with Crippen molar-refractivity contribution >= 4 is 28.4 Å². The number of nitrogens with zero attached hydrogens (tertiary/aromatic N) is 1. The van der Waals surface area contributed by atoms with Crippen molar-refractivity contribution in [2.75, 3.05) is 5.32 Å². The number of amides is 2. The molecule has 0 aliphatic rings. The van der Waals surface area contributed by atoms with Gasteiger partial charge in [0.1, 0.15) is 11.5 Å². The molecule has 2 amide bonds. The number of pyridine rings is 1. The second-order valence-corrected chi connectivity index (χ2v) is 6.93. The highest BCUT2D eigenvalue weighted by atomic mass is 19.1. The summed E-state index contributed by atoms with van der Waals surface area (Å²) < 4.78 is 13.2. The lowest BCUT2D eigenvalue weighted by Gasteiger charge is -2.09. The summed E-state index contributed by atoms with van der Waals surface area (Å²) in [6, 6.07) is 14.5. The highest BCUT2D eigenvalue weighted by Gasteiger charge is 2.20. The van der Waals surface area contributed by atoms with Gasteiger partial charge >= 0.3 is 0 Å². The fraction of sp³-hybridized carbons (Fsp3) is 0.0870. The maximum atomic E-state index is 13.2. The monoisotopic (exact) mass is 402 g/mol. The molecule has 0 unspecified atom stereocenters. The molecule has 6 nitrogen and oxygen atoms in total. The van der Waals surface area contributed by atoms with E-state index in [1.165, 1.54) is 24.3 Å². The van der Waals surface area contributed by atoms with Gasteiger partial charge in [-0.1, -0.05) is 17.7 Å². The van der Waals surface area contributed by atoms with E-state index in [0.717, 1.165) is 22.0 Å². The van der Waals surface area contributed by atoms with Gasteiger partial charge in [0.05, 0.1) is 5.69 Å². The van der Waals surface area contributed by atoms with E-state index in [1.54, 1.807) is 18.5 Å². The minimum Gasteiger partial charge on any atom is -0.349 e. The molecule has 4 rings (SSSR count). The Morgan fingerprint density at radius 2 is 1.87 bits per heavy atom. The van der Waals surface area contributed by atoms with Gasteiger partial charge in [0.15, 0.2) is 0 Å². The molecule has 2 heterocycles. The van der Waals surface area contributed by atoms with Crippen LogP contribution in [0.3, 0.4) is 0 Å². The second kappa shape index (κ2) is 8.16. The number of hydrogen-bond acceptors (Lipinski definition) is 3. The van der Waals surface area contributed by atoms with Gasteiger partial charge in [0.25, 0.3) is 11.8 Å². The normalized spacial score (nSPS) is 10.7. The molecule has 7 heteroatoms. The zero-order valence-corrected chi connectivity index (χ0v) is 16.2. The summed E-state index contributed by atoms with van der Waals surface area (Å²) >= 11 is 0. The maximum absolute atomic E-state index is 13.2. The van der Waals surface area contributed by atoms with E-state index in [2.05, 4.69) is 20.6 Å². The Balaban J connectivity index is 1.66. The van der Waals surface area contributed by atoms with Crippen molar-refractivity contribution in [3.05, 3.63) is 95.2 Å². The van der Waals surface area contributed by atoms with E-state index >= 15 is 0 Å². The fourth-order valence-corrected chi connectivity index (χ4v) is 3.17. The van der Waals surface area contributed by atoms with E-state index in [4.69, 9.17) is 0 Å². The van der Waals surface area contributed by atoms with Gasteiger partial charge in [-0.15, -0.1) is 0 Å². The molecule has 2 aromatic carbocycles. The Hall–Kier alpha value is -4.00. The third-order valence-electron chi connectivity index (χ3n) is 4.70. The number of aromatic nitrogens is 2. The SMILES string of the molecule is Cc1ccc2[nH]c(C(=O)NCc3cccnc3)c(NC(=O)c3ccc(F)cc3)c2c1. The molecular weight excluding hydrogens is 383 g/mol. The van der Waals surface area contributed by atoms with Crippen LogP contribution < -0.4 is 10.6 Å². The number of H-pyrrole nitrogens is 1. The Morgan fingerprint density at radius 1 is 1.07 bits per heavy atom. The predicted molar refractivity (Wildman–Crippen MR) is 113 cm³/mol. The van der Waals surface area contributed by atoms with Crippen LogP contribution in [0, 0.1) is 12.7 Å². The number of nitrogens with one attached hydrogen (secondary N) is 3. The molecular formula is C23H19FN4O2. The van der Waals surface area contributed by atoms with Gasteiger partial charge in [0.2, 0.25) is 0 Å². The van der Waals surface area contributed by atoms with Gasteiger partial charge in [0, 0.05) is 35.4 Å². The molecule has 30 heavy (non-hydrogen) atoms. The summed E-state index contributed by atoms with van der Waals surface area (Å²) in [5.41, 5.74) is 3.49. The Morgan fingerprint density at radius 3 is 2.60 bits per heavy atom. The van der Waals surface area contributed by atoms with Crippen molar-refractivity contribution in [2.45, 2.75) is 13.5 Å². The minimum absolute atomic E-state index is 0.245. The molecule has 0 spiro atoms. The van der Waals surface area contributed by atoms with E-state index < -0.39 is 11.7 Å². The standard InChI is InChI=1S/C23H19FN4O2/c1-14-4-9-19-18(11-14)20(28-22(29)16-5-7-17(24)8-6-16)21(27-19)23(30)26-13-15-3-2-10-25-12-15/h2-12,27H,13H2,1H3,(H,26,30)(H,28,29). The van der Waals surface area contributed by atoms with E-state index in [0.29, 0.717) is 17.8 Å². The zero-order valence-electron chi connectivity index (χ0n) is 16.2. The molecule has 0 aliphatic carbocycles. The first kappa shape index (κ1) is 19.3. The highest BCUT2D eigenvalue weighted by molar-refractivity contribution is 6.15. The lowest BCUT2D eigenvalue weighted by Crippen LogP contribution is -2.25. The van der Waals surface area contributed by atoms with Crippen LogP contribution in [0.4, 0.5) is 10.1 Å². The Labute approximate surface area is 172 Å². The van der Waals surface area contributed by atoms with Crippen molar-refractivity contribution in [1.82, 2.24) is 15.3 Å². The summed E-state index contributed by atoms with van der Waals surface area (Å²) in [6.07, 6.45) is 3.33. The first-order valence-electron chi connectivity index (χ1n) is 9.37. The third kappa shape index (κ3) is 4.05. The number of fused-ring (bicyclic) bond motifs is 1. The molecule has 150 valence electrons. The summed E-state index contributed by atoms with van der Waals surface area (Å²) in [5.74, 6) is -1.22. The quantitative estimate of drug-likeness (QED) is 0.468. The van der Waals surface area contributed by atoms with Crippen molar-refractivity contribution in [2.24, 2.45) is 0 Å². The topological polar surface area (TPSA) is 86.9 Å². The number of hydrogen-bond donors (Lipinski definition) is 3. The van der Waals surface area contributed by atoms with Crippen LogP contribution in [0.5, 0.6) is 0 Å². The van der Waals surface area contributed by atoms with Crippen LogP contribution in [0.2, 0.25) is 0 Å². The van der Waals surface area contributed by atoms with Gasteiger partial charge < -0.3 is 15.6 Å². The smallest absolute Gasteiger partial charge is 0.270 e.